The van der Waals surface area contributed by atoms with Crippen LogP contribution in [0.3, 0.4) is 0 Å². The number of hydrogen-bond donors (Lipinski definition) is 1. The Balaban J connectivity index is 2.33. The van der Waals surface area contributed by atoms with Gasteiger partial charge in [-0.15, -0.1) is 5.10 Å². The molecule has 2 rings (SSSR count). The highest BCUT2D eigenvalue weighted by molar-refractivity contribution is 7.99. The normalized spacial score (nSPS) is 17.0. The summed E-state index contributed by atoms with van der Waals surface area (Å²) in [5.41, 5.74) is 9.20. The van der Waals surface area contributed by atoms with Crippen LogP contribution in [0, 0.1) is 13.8 Å². The van der Waals surface area contributed by atoms with Gasteiger partial charge in [0.2, 0.25) is 0 Å². The molecule has 0 radical (unpaired) electrons. The molecule has 2 heterocycles. The number of thioether (sulfide) groups is 1. The molecule has 17 heavy (non-hydrogen) atoms. The number of rotatable bonds is 2. The van der Waals surface area contributed by atoms with Crippen LogP contribution in [0.2, 0.25) is 0 Å². The van der Waals surface area contributed by atoms with Gasteiger partial charge in [-0.2, -0.15) is 16.9 Å². The molecular weight excluding hydrogens is 232 g/mol. The molecule has 0 spiro atoms. The molecule has 4 nitrogen and oxygen atoms in total. The Bertz CT molecular complexity index is 386. The van der Waals surface area contributed by atoms with E-state index in [0.29, 0.717) is 6.54 Å². The van der Waals surface area contributed by atoms with Gasteiger partial charge in [-0.1, -0.05) is 0 Å². The number of nitrogens with two attached hydrogens (primary N) is 1. The van der Waals surface area contributed by atoms with Gasteiger partial charge < -0.3 is 10.6 Å². The third-order valence-corrected chi connectivity index (χ3v) is 4.33. The standard InChI is InChI=1S/C12H20N4S/c1-9-10(2)14-15-12(11(9)8-13)16-4-3-6-17-7-5-16/h3-8,13H2,1-2H3. The molecule has 0 aliphatic carbocycles. The maximum Gasteiger partial charge on any atom is 0.156 e. The van der Waals surface area contributed by atoms with Crippen molar-refractivity contribution in [2.75, 3.05) is 29.5 Å². The summed E-state index contributed by atoms with van der Waals surface area (Å²) in [7, 11) is 0. The van der Waals surface area contributed by atoms with E-state index in [0.717, 1.165) is 30.2 Å². The summed E-state index contributed by atoms with van der Waals surface area (Å²) in [5.74, 6) is 3.41. The van der Waals surface area contributed by atoms with E-state index in [1.165, 1.54) is 23.5 Å². The van der Waals surface area contributed by atoms with Crippen LogP contribution in [0.5, 0.6) is 0 Å². The molecule has 0 bridgehead atoms. The first-order valence-corrected chi connectivity index (χ1v) is 7.25. The van der Waals surface area contributed by atoms with Gasteiger partial charge in [0, 0.05) is 31.0 Å². The smallest absolute Gasteiger partial charge is 0.156 e. The fourth-order valence-corrected chi connectivity index (χ4v) is 2.99. The maximum absolute atomic E-state index is 5.87. The van der Waals surface area contributed by atoms with Crippen molar-refractivity contribution in [1.29, 1.82) is 0 Å². The molecule has 0 atom stereocenters. The number of hydrogen-bond acceptors (Lipinski definition) is 5. The Labute approximate surface area is 107 Å². The molecule has 1 aromatic rings. The lowest BCUT2D eigenvalue weighted by atomic mass is 10.1. The summed E-state index contributed by atoms with van der Waals surface area (Å²) in [5, 5.41) is 8.60. The van der Waals surface area contributed by atoms with Crippen LogP contribution in [0.25, 0.3) is 0 Å². The number of aromatic nitrogens is 2. The van der Waals surface area contributed by atoms with Crippen LogP contribution in [-0.4, -0.2) is 34.8 Å². The van der Waals surface area contributed by atoms with Gasteiger partial charge in [-0.05, 0) is 31.6 Å². The minimum atomic E-state index is 0.543. The Hall–Kier alpha value is -0.810. The highest BCUT2D eigenvalue weighted by Gasteiger charge is 2.17. The summed E-state index contributed by atoms with van der Waals surface area (Å²) in [6.45, 7) is 6.74. The lowest BCUT2D eigenvalue weighted by molar-refractivity contribution is 0.766. The zero-order valence-electron chi connectivity index (χ0n) is 10.6. The van der Waals surface area contributed by atoms with Crippen molar-refractivity contribution in [3.63, 3.8) is 0 Å². The van der Waals surface area contributed by atoms with Crippen LogP contribution in [0.4, 0.5) is 5.82 Å². The summed E-state index contributed by atoms with van der Waals surface area (Å²) >= 11 is 2.01. The minimum Gasteiger partial charge on any atom is -0.354 e. The average Bonchev–Trinajstić information content (AvgIpc) is 2.61. The van der Waals surface area contributed by atoms with Crippen LogP contribution < -0.4 is 10.6 Å². The molecule has 5 heteroatoms. The molecule has 2 N–H and O–H groups in total. The largest absolute Gasteiger partial charge is 0.354 e. The van der Waals surface area contributed by atoms with E-state index in [4.69, 9.17) is 5.73 Å². The van der Waals surface area contributed by atoms with E-state index in [2.05, 4.69) is 22.0 Å². The minimum absolute atomic E-state index is 0.543. The first kappa shape index (κ1) is 12.6. The zero-order valence-corrected chi connectivity index (χ0v) is 11.4. The lowest BCUT2D eigenvalue weighted by Gasteiger charge is -2.24. The lowest BCUT2D eigenvalue weighted by Crippen LogP contribution is -2.29. The van der Waals surface area contributed by atoms with Gasteiger partial charge in [0.05, 0.1) is 5.69 Å². The van der Waals surface area contributed by atoms with Crippen molar-refractivity contribution in [1.82, 2.24) is 10.2 Å². The van der Waals surface area contributed by atoms with Crippen molar-refractivity contribution < 1.29 is 0 Å². The monoisotopic (exact) mass is 252 g/mol. The van der Waals surface area contributed by atoms with E-state index in [9.17, 15) is 0 Å². The van der Waals surface area contributed by atoms with Crippen LogP contribution in [-0.2, 0) is 6.54 Å². The first-order chi connectivity index (χ1) is 8.24. The van der Waals surface area contributed by atoms with Gasteiger partial charge in [0.15, 0.2) is 5.82 Å². The molecule has 1 aromatic heterocycles. The zero-order chi connectivity index (χ0) is 12.3. The second-order valence-corrected chi connectivity index (χ2v) is 5.59. The SMILES string of the molecule is Cc1nnc(N2CCCSCC2)c(CN)c1C. The fraction of sp³-hybridized carbons (Fsp3) is 0.667. The van der Waals surface area contributed by atoms with Crippen molar-refractivity contribution in [3.05, 3.63) is 16.8 Å². The predicted octanol–water partition coefficient (Wildman–Crippen LogP) is 1.50. The Kier molecular flexibility index (Phi) is 4.23. The molecular formula is C12H20N4S. The number of aryl methyl sites for hydroxylation is 1. The molecule has 0 saturated carbocycles. The van der Waals surface area contributed by atoms with Gasteiger partial charge in [0.1, 0.15) is 0 Å². The van der Waals surface area contributed by atoms with Crippen molar-refractivity contribution in [3.8, 4) is 0 Å². The molecule has 0 amide bonds. The molecule has 1 aliphatic rings. The number of anilines is 1. The van der Waals surface area contributed by atoms with E-state index in [1.54, 1.807) is 0 Å². The quantitative estimate of drug-likeness (QED) is 0.864. The van der Waals surface area contributed by atoms with Gasteiger partial charge in [0.25, 0.3) is 0 Å². The van der Waals surface area contributed by atoms with Gasteiger partial charge in [-0.3, -0.25) is 0 Å². The van der Waals surface area contributed by atoms with Crippen molar-refractivity contribution in [2.45, 2.75) is 26.8 Å². The van der Waals surface area contributed by atoms with E-state index < -0.39 is 0 Å². The molecule has 1 aliphatic heterocycles. The molecule has 1 saturated heterocycles. The van der Waals surface area contributed by atoms with Crippen LogP contribution >= 0.6 is 11.8 Å². The predicted molar refractivity (Wildman–Crippen MR) is 73.6 cm³/mol. The average molecular weight is 252 g/mol. The molecule has 94 valence electrons. The second-order valence-electron chi connectivity index (χ2n) is 4.37. The van der Waals surface area contributed by atoms with Crippen LogP contribution in [0.15, 0.2) is 0 Å². The Morgan fingerprint density at radius 1 is 1.24 bits per heavy atom. The maximum atomic E-state index is 5.87. The van der Waals surface area contributed by atoms with E-state index >= 15 is 0 Å². The van der Waals surface area contributed by atoms with Crippen molar-refractivity contribution in [2.24, 2.45) is 5.73 Å². The highest BCUT2D eigenvalue weighted by atomic mass is 32.2. The summed E-state index contributed by atoms with van der Waals surface area (Å²) in [6.07, 6.45) is 1.21. The second kappa shape index (κ2) is 5.69. The molecule has 1 fully saturated rings. The van der Waals surface area contributed by atoms with E-state index in [1.807, 2.05) is 18.7 Å². The molecule has 0 unspecified atom stereocenters. The Morgan fingerprint density at radius 2 is 2.06 bits per heavy atom. The highest BCUT2D eigenvalue weighted by Crippen LogP contribution is 2.23. The third-order valence-electron chi connectivity index (χ3n) is 3.29. The number of nitrogens with zero attached hydrogens (tertiary/aromatic N) is 3. The summed E-state index contributed by atoms with van der Waals surface area (Å²) in [6, 6.07) is 0. The van der Waals surface area contributed by atoms with Gasteiger partial charge >= 0.3 is 0 Å². The Morgan fingerprint density at radius 3 is 2.82 bits per heavy atom. The van der Waals surface area contributed by atoms with Crippen LogP contribution in [0.1, 0.15) is 23.2 Å². The summed E-state index contributed by atoms with van der Waals surface area (Å²) in [4.78, 5) is 2.33. The van der Waals surface area contributed by atoms with E-state index in [-0.39, 0.29) is 0 Å². The molecule has 0 aromatic carbocycles. The van der Waals surface area contributed by atoms with Crippen molar-refractivity contribution >= 4 is 17.6 Å². The summed E-state index contributed by atoms with van der Waals surface area (Å²) < 4.78 is 0. The fourth-order valence-electron chi connectivity index (χ4n) is 2.10. The van der Waals surface area contributed by atoms with Gasteiger partial charge in [-0.25, -0.2) is 0 Å². The topological polar surface area (TPSA) is 55.0 Å². The first-order valence-electron chi connectivity index (χ1n) is 6.09. The third kappa shape index (κ3) is 2.72.